The van der Waals surface area contributed by atoms with Crippen LogP contribution in [0.1, 0.15) is 129 Å². The van der Waals surface area contributed by atoms with Crippen molar-refractivity contribution in [2.45, 2.75) is 142 Å². The Balaban J connectivity index is 4.41. The lowest BCUT2D eigenvalue weighted by atomic mass is 10.1. The Morgan fingerprint density at radius 3 is 1.56 bits per heavy atom. The van der Waals surface area contributed by atoms with Crippen molar-refractivity contribution in [1.29, 1.82) is 0 Å². The number of ether oxygens (including phenoxy) is 3. The number of hydrogen-bond donors (Lipinski definition) is 1. The summed E-state index contributed by atoms with van der Waals surface area (Å²) >= 11 is 0. The molecular formula is C47H76NO7+. The third kappa shape index (κ3) is 35.7. The highest BCUT2D eigenvalue weighted by molar-refractivity contribution is 5.72. The molecule has 0 bridgehead atoms. The highest BCUT2D eigenvalue weighted by Crippen LogP contribution is 2.10. The number of carboxylic acid groups (broad SMARTS) is 1. The van der Waals surface area contributed by atoms with Gasteiger partial charge in [-0.2, -0.15) is 0 Å². The molecule has 0 aliphatic carbocycles. The van der Waals surface area contributed by atoms with E-state index < -0.39 is 18.1 Å². The second-order valence-electron chi connectivity index (χ2n) is 14.5. The molecule has 0 saturated heterocycles. The maximum Gasteiger partial charge on any atom is 0.362 e. The minimum Gasteiger partial charge on any atom is -0.477 e. The maximum absolute atomic E-state index is 12.6. The predicted molar refractivity (Wildman–Crippen MR) is 229 cm³/mol. The summed E-state index contributed by atoms with van der Waals surface area (Å²) in [5.41, 5.74) is 0. The van der Waals surface area contributed by atoms with E-state index in [-0.39, 0.29) is 49.1 Å². The van der Waals surface area contributed by atoms with Crippen LogP contribution in [0.4, 0.5) is 0 Å². The number of allylic oxidation sites excluding steroid dienone is 16. The van der Waals surface area contributed by atoms with E-state index >= 15 is 0 Å². The first-order chi connectivity index (χ1) is 26.6. The fourth-order valence-electron chi connectivity index (χ4n) is 5.27. The van der Waals surface area contributed by atoms with E-state index in [1.807, 2.05) is 27.2 Å². The number of likely N-dealkylation sites (N-methyl/N-ethyl adjacent to an activating group) is 1. The Labute approximate surface area is 335 Å². The van der Waals surface area contributed by atoms with Gasteiger partial charge in [-0.1, -0.05) is 130 Å². The van der Waals surface area contributed by atoms with Gasteiger partial charge in [0.1, 0.15) is 6.61 Å². The van der Waals surface area contributed by atoms with Gasteiger partial charge in [0.05, 0.1) is 34.4 Å². The summed E-state index contributed by atoms with van der Waals surface area (Å²) in [6.07, 6.45) is 49.2. The van der Waals surface area contributed by atoms with Gasteiger partial charge < -0.3 is 23.8 Å². The van der Waals surface area contributed by atoms with Crippen molar-refractivity contribution in [3.05, 3.63) is 97.2 Å². The van der Waals surface area contributed by atoms with Gasteiger partial charge in [0.25, 0.3) is 0 Å². The van der Waals surface area contributed by atoms with Crippen molar-refractivity contribution in [2.24, 2.45) is 0 Å². The molecule has 55 heavy (non-hydrogen) atoms. The molecule has 1 N–H and O–H groups in total. The van der Waals surface area contributed by atoms with Gasteiger partial charge in [0.15, 0.2) is 12.1 Å². The lowest BCUT2D eigenvalue weighted by Crippen LogP contribution is -2.50. The van der Waals surface area contributed by atoms with Gasteiger partial charge in [-0.25, -0.2) is 4.79 Å². The van der Waals surface area contributed by atoms with E-state index in [2.05, 4.69) is 105 Å². The van der Waals surface area contributed by atoms with Crippen molar-refractivity contribution in [3.63, 3.8) is 0 Å². The molecule has 0 aliphatic rings. The average Bonchev–Trinajstić information content (AvgIpc) is 3.14. The molecule has 0 rings (SSSR count). The zero-order valence-corrected chi connectivity index (χ0v) is 35.1. The zero-order valence-electron chi connectivity index (χ0n) is 35.1. The van der Waals surface area contributed by atoms with Crippen LogP contribution in [-0.4, -0.2) is 80.6 Å². The van der Waals surface area contributed by atoms with E-state index in [0.29, 0.717) is 19.3 Å². The van der Waals surface area contributed by atoms with E-state index in [9.17, 15) is 19.5 Å². The lowest BCUT2D eigenvalue weighted by Gasteiger charge is -2.31. The summed E-state index contributed by atoms with van der Waals surface area (Å²) in [6.45, 7) is 4.44. The first kappa shape index (κ1) is 51.2. The largest absolute Gasteiger partial charge is 0.477 e. The molecular weight excluding hydrogens is 691 g/mol. The Kier molecular flexibility index (Phi) is 34.7. The molecule has 2 unspecified atom stereocenters. The molecule has 0 aromatic heterocycles. The molecule has 0 heterocycles. The molecule has 0 spiro atoms. The molecule has 0 saturated carbocycles. The summed E-state index contributed by atoms with van der Waals surface area (Å²) < 4.78 is 17.1. The number of carbonyl (C=O) groups is 3. The van der Waals surface area contributed by atoms with E-state index in [4.69, 9.17) is 14.2 Å². The SMILES string of the molecule is CC/C=C/C/C=C/C/C=C/C/C=C/C/C=C/C/C=C/C/C=C/CCCC(=O)OCC(COCCC(C(=O)O)[N+](C)(C)C)OC(=O)CC/C=C/CCCCCC. The number of nitrogens with zero attached hydrogens (tertiary/aromatic N) is 1. The Morgan fingerprint density at radius 1 is 0.564 bits per heavy atom. The molecule has 2 atom stereocenters. The molecule has 0 fully saturated rings. The molecule has 0 aliphatic heterocycles. The summed E-state index contributed by atoms with van der Waals surface area (Å²) in [6, 6.07) is -0.632. The standard InChI is InChI=1S/C47H75NO7/c1-6-8-10-12-14-16-17-18-19-20-21-22-23-24-25-26-27-28-29-30-32-33-35-37-45(49)54-42-43(41-53-40-39-44(47(51)52)48(3,4)5)55-46(50)38-36-34-31-15-13-11-9-7-2/h8,10,14,16,18-19,21-22,24-25,27-28,30-32,34,43-44H,6-7,9,11-13,15,17,20,23,26,29,33,35-42H2,1-5H3/p+1/b10-8+,16-14+,19-18+,22-21+,25-24+,28-27+,32-30+,34-31+. The van der Waals surface area contributed by atoms with Gasteiger partial charge in [-0.15, -0.1) is 0 Å². The van der Waals surface area contributed by atoms with E-state index in [0.717, 1.165) is 64.2 Å². The quantitative estimate of drug-likeness (QED) is 0.0297. The third-order valence-corrected chi connectivity index (χ3v) is 8.48. The summed E-state index contributed by atoms with van der Waals surface area (Å²) in [5.74, 6) is -1.63. The van der Waals surface area contributed by atoms with Crippen LogP contribution in [0.25, 0.3) is 0 Å². The van der Waals surface area contributed by atoms with Crippen molar-refractivity contribution >= 4 is 17.9 Å². The first-order valence-corrected chi connectivity index (χ1v) is 20.8. The van der Waals surface area contributed by atoms with Crippen molar-refractivity contribution < 1.29 is 38.2 Å². The highest BCUT2D eigenvalue weighted by atomic mass is 16.6. The smallest absolute Gasteiger partial charge is 0.362 e. The minimum atomic E-state index is -0.894. The topological polar surface area (TPSA) is 99.1 Å². The summed E-state index contributed by atoms with van der Waals surface area (Å²) in [7, 11) is 5.47. The van der Waals surface area contributed by atoms with Gasteiger partial charge in [-0.05, 0) is 77.0 Å². The first-order valence-electron chi connectivity index (χ1n) is 20.8. The molecule has 310 valence electrons. The number of quaternary nitrogens is 1. The fourth-order valence-corrected chi connectivity index (χ4v) is 5.27. The van der Waals surface area contributed by atoms with Crippen LogP contribution in [0.2, 0.25) is 0 Å². The van der Waals surface area contributed by atoms with Crippen molar-refractivity contribution in [3.8, 4) is 0 Å². The van der Waals surface area contributed by atoms with E-state index in [1.54, 1.807) is 0 Å². The second-order valence-corrected chi connectivity index (χ2v) is 14.5. The number of carbonyl (C=O) groups excluding carboxylic acids is 2. The minimum absolute atomic E-state index is 0.0209. The Hall–Kier alpha value is -3.75. The van der Waals surface area contributed by atoms with Gasteiger partial charge >= 0.3 is 17.9 Å². The van der Waals surface area contributed by atoms with Gasteiger partial charge in [0.2, 0.25) is 0 Å². The number of rotatable bonds is 35. The van der Waals surface area contributed by atoms with Gasteiger partial charge in [-0.3, -0.25) is 9.59 Å². The normalized spacial score (nSPS) is 14.0. The number of esters is 2. The van der Waals surface area contributed by atoms with Crippen molar-refractivity contribution in [2.75, 3.05) is 41.0 Å². The van der Waals surface area contributed by atoms with Crippen LogP contribution >= 0.6 is 0 Å². The maximum atomic E-state index is 12.6. The molecule has 0 aromatic carbocycles. The van der Waals surface area contributed by atoms with Crippen LogP contribution in [0.3, 0.4) is 0 Å². The van der Waals surface area contributed by atoms with Crippen LogP contribution in [0, 0.1) is 0 Å². The summed E-state index contributed by atoms with van der Waals surface area (Å²) in [5, 5.41) is 9.58. The molecule has 0 radical (unpaired) electrons. The molecule has 0 aromatic rings. The number of carboxylic acids is 1. The van der Waals surface area contributed by atoms with Crippen LogP contribution in [0.5, 0.6) is 0 Å². The number of unbranched alkanes of at least 4 members (excludes halogenated alkanes) is 5. The number of hydrogen-bond acceptors (Lipinski definition) is 6. The van der Waals surface area contributed by atoms with Crippen molar-refractivity contribution in [1.82, 2.24) is 0 Å². The Bertz CT molecular complexity index is 1220. The fraction of sp³-hybridized carbons (Fsp3) is 0.596. The second kappa shape index (κ2) is 37.2. The number of aliphatic carboxylic acids is 1. The predicted octanol–water partition coefficient (Wildman–Crippen LogP) is 11.1. The van der Waals surface area contributed by atoms with Gasteiger partial charge in [0, 0.05) is 19.3 Å². The van der Waals surface area contributed by atoms with E-state index in [1.165, 1.54) is 19.3 Å². The average molecular weight is 767 g/mol. The van der Waals surface area contributed by atoms with Crippen LogP contribution < -0.4 is 0 Å². The molecule has 8 nitrogen and oxygen atoms in total. The van der Waals surface area contributed by atoms with Crippen LogP contribution in [0.15, 0.2) is 97.2 Å². The highest BCUT2D eigenvalue weighted by Gasteiger charge is 2.31. The molecule has 0 amide bonds. The zero-order chi connectivity index (χ0) is 40.7. The molecule has 8 heteroatoms. The monoisotopic (exact) mass is 767 g/mol. The lowest BCUT2D eigenvalue weighted by molar-refractivity contribution is -0.887. The third-order valence-electron chi connectivity index (χ3n) is 8.48. The summed E-state index contributed by atoms with van der Waals surface area (Å²) in [4.78, 5) is 36.7. The Morgan fingerprint density at radius 2 is 1.05 bits per heavy atom. The van der Waals surface area contributed by atoms with Crippen LogP contribution in [-0.2, 0) is 28.6 Å².